The van der Waals surface area contributed by atoms with Gasteiger partial charge < -0.3 is 5.32 Å². The second kappa shape index (κ2) is 5.16. The highest BCUT2D eigenvalue weighted by molar-refractivity contribution is 9.10. The summed E-state index contributed by atoms with van der Waals surface area (Å²) in [5.41, 5.74) is 0.898. The molecule has 0 aromatic carbocycles. The molecule has 1 N–H and O–H groups in total. The molecule has 2 rings (SSSR count). The molecule has 2 aromatic rings. The maximum Gasteiger partial charge on any atom is 0.266 e. The number of carbonyl (C=O) groups excluding carboxylic acids is 1. The normalized spacial score (nSPS) is 10.3. The molecule has 17 heavy (non-hydrogen) atoms. The lowest BCUT2D eigenvalue weighted by Crippen LogP contribution is -2.12. The fraction of sp³-hybridized carbons (Fsp3) is 0.0909. The average Bonchev–Trinajstić information content (AvgIpc) is 2.69. The van der Waals surface area contributed by atoms with Gasteiger partial charge in [-0.3, -0.25) is 4.79 Å². The van der Waals surface area contributed by atoms with Crippen LogP contribution in [0.25, 0.3) is 0 Å². The first-order valence-corrected chi connectivity index (χ1v) is 6.74. The van der Waals surface area contributed by atoms with Gasteiger partial charge in [0, 0.05) is 10.7 Å². The summed E-state index contributed by atoms with van der Waals surface area (Å²) >= 11 is 10.3. The third-order valence-corrected chi connectivity index (χ3v) is 3.74. The minimum absolute atomic E-state index is 0.195. The molecule has 2 heterocycles. The van der Waals surface area contributed by atoms with Crippen LogP contribution >= 0.6 is 38.9 Å². The van der Waals surface area contributed by atoms with E-state index < -0.39 is 0 Å². The molecule has 1 amide bonds. The lowest BCUT2D eigenvalue weighted by molar-refractivity contribution is 0.103. The first kappa shape index (κ1) is 12.5. The van der Waals surface area contributed by atoms with Crippen molar-refractivity contribution in [3.05, 3.63) is 43.6 Å². The van der Waals surface area contributed by atoms with Crippen LogP contribution in [0.1, 0.15) is 15.2 Å². The molecule has 0 aliphatic carbocycles. The SMILES string of the molecule is Cc1cc(Br)cnc1NC(=O)c1ccc(Cl)s1. The van der Waals surface area contributed by atoms with Crippen molar-refractivity contribution in [1.29, 1.82) is 0 Å². The number of hydrogen-bond donors (Lipinski definition) is 1. The van der Waals surface area contributed by atoms with Crippen LogP contribution < -0.4 is 5.32 Å². The predicted octanol–water partition coefficient (Wildman–Crippen LogP) is 4.12. The number of nitrogens with zero attached hydrogens (tertiary/aromatic N) is 1. The Kier molecular flexibility index (Phi) is 3.81. The van der Waals surface area contributed by atoms with Crippen LogP contribution in [0.3, 0.4) is 0 Å². The molecule has 0 atom stereocenters. The Morgan fingerprint density at radius 3 is 2.88 bits per heavy atom. The minimum Gasteiger partial charge on any atom is -0.306 e. The number of pyridine rings is 1. The molecule has 2 aromatic heterocycles. The van der Waals surface area contributed by atoms with Crippen LogP contribution in [0.2, 0.25) is 4.34 Å². The van der Waals surface area contributed by atoms with Crippen molar-refractivity contribution in [1.82, 2.24) is 4.98 Å². The molecule has 0 aliphatic heterocycles. The van der Waals surface area contributed by atoms with E-state index in [1.54, 1.807) is 18.3 Å². The van der Waals surface area contributed by atoms with Crippen molar-refractivity contribution in [2.75, 3.05) is 5.32 Å². The van der Waals surface area contributed by atoms with Crippen LogP contribution in [0.4, 0.5) is 5.82 Å². The Balaban J connectivity index is 2.18. The molecule has 0 fully saturated rings. The highest BCUT2D eigenvalue weighted by Crippen LogP contribution is 2.23. The number of halogens is 2. The number of aromatic nitrogens is 1. The van der Waals surface area contributed by atoms with Crippen LogP contribution in [0.5, 0.6) is 0 Å². The van der Waals surface area contributed by atoms with Crippen molar-refractivity contribution in [3.63, 3.8) is 0 Å². The number of amides is 1. The molecule has 0 unspecified atom stereocenters. The first-order chi connectivity index (χ1) is 8.06. The van der Waals surface area contributed by atoms with Gasteiger partial charge in [-0.25, -0.2) is 4.98 Å². The van der Waals surface area contributed by atoms with E-state index in [4.69, 9.17) is 11.6 Å². The summed E-state index contributed by atoms with van der Waals surface area (Å²) in [5, 5.41) is 2.75. The Hall–Kier alpha value is -0.910. The van der Waals surface area contributed by atoms with E-state index in [1.807, 2.05) is 13.0 Å². The summed E-state index contributed by atoms with van der Waals surface area (Å²) in [6.45, 7) is 1.88. The van der Waals surface area contributed by atoms with Gasteiger partial charge in [0.1, 0.15) is 5.82 Å². The van der Waals surface area contributed by atoms with Gasteiger partial charge in [-0.2, -0.15) is 0 Å². The van der Waals surface area contributed by atoms with E-state index in [0.717, 1.165) is 10.0 Å². The summed E-state index contributed by atoms with van der Waals surface area (Å²) in [7, 11) is 0. The van der Waals surface area contributed by atoms with Gasteiger partial charge in [0.15, 0.2) is 0 Å². The fourth-order valence-electron chi connectivity index (χ4n) is 1.28. The highest BCUT2D eigenvalue weighted by atomic mass is 79.9. The van der Waals surface area contributed by atoms with E-state index in [-0.39, 0.29) is 5.91 Å². The van der Waals surface area contributed by atoms with Gasteiger partial charge in [-0.05, 0) is 46.6 Å². The molecule has 0 bridgehead atoms. The third kappa shape index (κ3) is 3.06. The molecule has 0 saturated carbocycles. The van der Waals surface area contributed by atoms with Crippen LogP contribution in [0, 0.1) is 6.92 Å². The number of hydrogen-bond acceptors (Lipinski definition) is 3. The summed E-state index contributed by atoms with van der Waals surface area (Å²) < 4.78 is 1.47. The van der Waals surface area contributed by atoms with Gasteiger partial charge in [0.25, 0.3) is 5.91 Å². The zero-order valence-corrected chi connectivity index (χ0v) is 12.0. The number of carbonyl (C=O) groups is 1. The maximum absolute atomic E-state index is 11.9. The molecular weight excluding hydrogens is 324 g/mol. The number of anilines is 1. The quantitative estimate of drug-likeness (QED) is 0.899. The molecule has 0 radical (unpaired) electrons. The van der Waals surface area contributed by atoms with Gasteiger partial charge >= 0.3 is 0 Å². The molecular formula is C11H8BrClN2OS. The summed E-state index contributed by atoms with van der Waals surface area (Å²) in [4.78, 5) is 16.6. The summed E-state index contributed by atoms with van der Waals surface area (Å²) in [5.74, 6) is 0.363. The molecule has 3 nitrogen and oxygen atoms in total. The van der Waals surface area contributed by atoms with Crippen LogP contribution in [-0.4, -0.2) is 10.9 Å². The molecule has 0 spiro atoms. The van der Waals surface area contributed by atoms with Crippen molar-refractivity contribution in [2.24, 2.45) is 0 Å². The minimum atomic E-state index is -0.195. The van der Waals surface area contributed by atoms with Crippen molar-refractivity contribution in [2.45, 2.75) is 6.92 Å². The monoisotopic (exact) mass is 330 g/mol. The number of rotatable bonds is 2. The summed E-state index contributed by atoms with van der Waals surface area (Å²) in [6.07, 6.45) is 1.64. The van der Waals surface area contributed by atoms with Gasteiger partial charge in [-0.1, -0.05) is 11.6 Å². The number of nitrogens with one attached hydrogen (secondary N) is 1. The number of thiophene rings is 1. The lowest BCUT2D eigenvalue weighted by Gasteiger charge is -2.06. The zero-order valence-electron chi connectivity index (χ0n) is 8.83. The Morgan fingerprint density at radius 2 is 2.29 bits per heavy atom. The van der Waals surface area contributed by atoms with Crippen molar-refractivity contribution < 1.29 is 4.79 Å². The zero-order chi connectivity index (χ0) is 12.4. The Labute approximate surface area is 116 Å². The number of aryl methyl sites for hydroxylation is 1. The Bertz CT molecular complexity index is 570. The summed E-state index contributed by atoms with van der Waals surface area (Å²) in [6, 6.07) is 5.28. The van der Waals surface area contributed by atoms with Crippen molar-refractivity contribution in [3.8, 4) is 0 Å². The van der Waals surface area contributed by atoms with E-state index >= 15 is 0 Å². The average molecular weight is 332 g/mol. The largest absolute Gasteiger partial charge is 0.306 e. The Morgan fingerprint density at radius 1 is 1.53 bits per heavy atom. The standard InChI is InChI=1S/C11H8BrClN2OS/c1-6-4-7(12)5-14-10(6)15-11(16)8-2-3-9(13)17-8/h2-5H,1H3,(H,14,15,16). The second-order valence-electron chi connectivity index (χ2n) is 3.38. The molecule has 0 saturated heterocycles. The second-order valence-corrected chi connectivity index (χ2v) is 6.01. The van der Waals surface area contributed by atoms with Crippen molar-refractivity contribution >= 4 is 50.6 Å². The van der Waals surface area contributed by atoms with E-state index in [0.29, 0.717) is 15.0 Å². The fourth-order valence-corrected chi connectivity index (χ4v) is 2.66. The van der Waals surface area contributed by atoms with Crippen LogP contribution in [-0.2, 0) is 0 Å². The molecule has 88 valence electrons. The van der Waals surface area contributed by atoms with Gasteiger partial charge in [-0.15, -0.1) is 11.3 Å². The van der Waals surface area contributed by atoms with Gasteiger partial charge in [0.2, 0.25) is 0 Å². The smallest absolute Gasteiger partial charge is 0.266 e. The lowest BCUT2D eigenvalue weighted by atomic mass is 10.3. The van der Waals surface area contributed by atoms with E-state index in [2.05, 4.69) is 26.2 Å². The van der Waals surface area contributed by atoms with Gasteiger partial charge in [0.05, 0.1) is 9.21 Å². The highest BCUT2D eigenvalue weighted by Gasteiger charge is 2.11. The third-order valence-electron chi connectivity index (χ3n) is 2.07. The van der Waals surface area contributed by atoms with Crippen LogP contribution in [0.15, 0.2) is 28.9 Å². The first-order valence-electron chi connectivity index (χ1n) is 4.75. The predicted molar refractivity (Wildman–Crippen MR) is 74.0 cm³/mol. The van der Waals surface area contributed by atoms with E-state index in [1.165, 1.54) is 11.3 Å². The molecule has 0 aliphatic rings. The topological polar surface area (TPSA) is 42.0 Å². The maximum atomic E-state index is 11.9. The molecule has 6 heteroatoms. The van der Waals surface area contributed by atoms with E-state index in [9.17, 15) is 4.79 Å².